The highest BCUT2D eigenvalue weighted by atomic mass is 16.6. The van der Waals surface area contributed by atoms with Crippen molar-refractivity contribution in [3.63, 3.8) is 0 Å². The van der Waals surface area contributed by atoms with Gasteiger partial charge in [-0.3, -0.25) is 10.1 Å². The van der Waals surface area contributed by atoms with Gasteiger partial charge in [-0.2, -0.15) is 0 Å². The Morgan fingerprint density at radius 3 is 2.78 bits per heavy atom. The summed E-state index contributed by atoms with van der Waals surface area (Å²) in [7, 11) is 0. The minimum absolute atomic E-state index is 0.180. The first-order chi connectivity index (χ1) is 8.56. The SMILES string of the molecule is CCCCCOC(=O)c1cc([N+](=O)[O-])ccc1O. The van der Waals surface area contributed by atoms with Crippen molar-refractivity contribution in [2.24, 2.45) is 0 Å². The van der Waals surface area contributed by atoms with E-state index in [1.54, 1.807) is 0 Å². The first kappa shape index (κ1) is 14.0. The summed E-state index contributed by atoms with van der Waals surface area (Å²) < 4.78 is 4.92. The molecule has 0 saturated heterocycles. The normalized spacial score (nSPS) is 10.1. The molecule has 1 N–H and O–H groups in total. The zero-order valence-electron chi connectivity index (χ0n) is 10.1. The number of nitro benzene ring substituents is 1. The van der Waals surface area contributed by atoms with Gasteiger partial charge in [-0.15, -0.1) is 0 Å². The van der Waals surface area contributed by atoms with Crippen LogP contribution in [0.5, 0.6) is 5.75 Å². The van der Waals surface area contributed by atoms with Crippen LogP contribution in [0.3, 0.4) is 0 Å². The van der Waals surface area contributed by atoms with E-state index >= 15 is 0 Å². The van der Waals surface area contributed by atoms with E-state index < -0.39 is 10.9 Å². The molecule has 0 aliphatic rings. The molecule has 0 fully saturated rings. The highest BCUT2D eigenvalue weighted by Crippen LogP contribution is 2.23. The van der Waals surface area contributed by atoms with Gasteiger partial charge in [0, 0.05) is 12.1 Å². The molecule has 0 heterocycles. The summed E-state index contributed by atoms with van der Waals surface area (Å²) in [5, 5.41) is 20.0. The molecule has 0 spiro atoms. The third-order valence-corrected chi connectivity index (χ3v) is 2.39. The topological polar surface area (TPSA) is 89.7 Å². The number of ether oxygens (including phenoxy) is 1. The number of carbonyl (C=O) groups is 1. The van der Waals surface area contributed by atoms with E-state index in [4.69, 9.17) is 4.74 Å². The van der Waals surface area contributed by atoms with Gasteiger partial charge >= 0.3 is 5.97 Å². The molecule has 6 nitrogen and oxygen atoms in total. The van der Waals surface area contributed by atoms with Crippen molar-refractivity contribution in [2.45, 2.75) is 26.2 Å². The summed E-state index contributed by atoms with van der Waals surface area (Å²) in [6, 6.07) is 3.25. The minimum Gasteiger partial charge on any atom is -0.507 e. The van der Waals surface area contributed by atoms with E-state index in [0.29, 0.717) is 0 Å². The van der Waals surface area contributed by atoms with Gasteiger partial charge in [0.25, 0.3) is 5.69 Å². The van der Waals surface area contributed by atoms with Crippen LogP contribution in [0.15, 0.2) is 18.2 Å². The summed E-state index contributed by atoms with van der Waals surface area (Å²) >= 11 is 0. The van der Waals surface area contributed by atoms with Gasteiger partial charge in [-0.05, 0) is 12.5 Å². The Hall–Kier alpha value is -2.11. The maximum Gasteiger partial charge on any atom is 0.342 e. The molecule has 1 rings (SSSR count). The van der Waals surface area contributed by atoms with Crippen LogP contribution in [0.4, 0.5) is 5.69 Å². The third-order valence-electron chi connectivity index (χ3n) is 2.39. The van der Waals surface area contributed by atoms with Crippen molar-refractivity contribution in [1.29, 1.82) is 0 Å². The summed E-state index contributed by atoms with van der Waals surface area (Å²) in [5.41, 5.74) is -0.436. The molecule has 98 valence electrons. The first-order valence-corrected chi connectivity index (χ1v) is 5.70. The maximum atomic E-state index is 11.6. The average Bonchev–Trinajstić information content (AvgIpc) is 2.34. The first-order valence-electron chi connectivity index (χ1n) is 5.70. The molecule has 0 atom stereocenters. The lowest BCUT2D eigenvalue weighted by atomic mass is 10.2. The smallest absolute Gasteiger partial charge is 0.342 e. The molecule has 1 aromatic carbocycles. The third kappa shape index (κ3) is 3.73. The Bertz CT molecular complexity index is 444. The van der Waals surface area contributed by atoms with Crippen molar-refractivity contribution in [2.75, 3.05) is 6.61 Å². The standard InChI is InChI=1S/C12H15NO5/c1-2-3-4-7-18-12(15)10-8-9(13(16)17)5-6-11(10)14/h5-6,8,14H,2-4,7H2,1H3. The maximum absolute atomic E-state index is 11.6. The molecule has 0 unspecified atom stereocenters. The van der Waals surface area contributed by atoms with Crippen molar-refractivity contribution in [1.82, 2.24) is 0 Å². The van der Waals surface area contributed by atoms with Gasteiger partial charge < -0.3 is 9.84 Å². The lowest BCUT2D eigenvalue weighted by molar-refractivity contribution is -0.384. The van der Waals surface area contributed by atoms with Crippen LogP contribution >= 0.6 is 0 Å². The number of aromatic hydroxyl groups is 1. The number of nitrogens with zero attached hydrogens (tertiary/aromatic N) is 1. The monoisotopic (exact) mass is 253 g/mol. The van der Waals surface area contributed by atoms with E-state index in [1.165, 1.54) is 0 Å². The second kappa shape index (κ2) is 6.58. The zero-order valence-corrected chi connectivity index (χ0v) is 10.1. The molecule has 0 aliphatic heterocycles. The molecule has 0 aromatic heterocycles. The number of unbranched alkanes of at least 4 members (excludes halogenated alkanes) is 2. The number of nitro groups is 1. The highest BCUT2D eigenvalue weighted by molar-refractivity contribution is 5.93. The fraction of sp³-hybridized carbons (Fsp3) is 0.417. The zero-order chi connectivity index (χ0) is 13.5. The summed E-state index contributed by atoms with van der Waals surface area (Å²) in [6.07, 6.45) is 2.67. The molecular weight excluding hydrogens is 238 g/mol. The van der Waals surface area contributed by atoms with E-state index in [1.807, 2.05) is 6.92 Å². The number of phenolic OH excluding ortho intramolecular Hbond substituents is 1. The van der Waals surface area contributed by atoms with Crippen LogP contribution in [0.25, 0.3) is 0 Å². The number of non-ortho nitro benzene ring substituents is 1. The van der Waals surface area contributed by atoms with Gasteiger partial charge in [0.05, 0.1) is 11.5 Å². The van der Waals surface area contributed by atoms with Crippen molar-refractivity contribution in [3.05, 3.63) is 33.9 Å². The predicted molar refractivity (Wildman–Crippen MR) is 64.6 cm³/mol. The predicted octanol–water partition coefficient (Wildman–Crippen LogP) is 2.65. The number of carbonyl (C=O) groups excluding carboxylic acids is 1. The van der Waals surface area contributed by atoms with Gasteiger partial charge in [0.1, 0.15) is 11.3 Å². The Balaban J connectivity index is 2.72. The Kier molecular flexibility index (Phi) is 5.10. The van der Waals surface area contributed by atoms with Gasteiger partial charge in [-0.1, -0.05) is 19.8 Å². The highest BCUT2D eigenvalue weighted by Gasteiger charge is 2.17. The van der Waals surface area contributed by atoms with Crippen LogP contribution in [0.2, 0.25) is 0 Å². The Morgan fingerprint density at radius 2 is 2.17 bits per heavy atom. The molecule has 0 saturated carbocycles. The Morgan fingerprint density at radius 1 is 1.44 bits per heavy atom. The molecule has 0 radical (unpaired) electrons. The molecule has 6 heteroatoms. The van der Waals surface area contributed by atoms with Crippen LogP contribution in [0, 0.1) is 10.1 Å². The van der Waals surface area contributed by atoms with E-state index in [0.717, 1.165) is 37.5 Å². The fourth-order valence-corrected chi connectivity index (χ4v) is 1.40. The van der Waals surface area contributed by atoms with Gasteiger partial charge in [0.2, 0.25) is 0 Å². The molecular formula is C12H15NO5. The van der Waals surface area contributed by atoms with Crippen LogP contribution in [-0.4, -0.2) is 22.6 Å². The minimum atomic E-state index is -0.743. The van der Waals surface area contributed by atoms with Crippen LogP contribution in [-0.2, 0) is 4.74 Å². The van der Waals surface area contributed by atoms with Crippen molar-refractivity contribution >= 4 is 11.7 Å². The number of rotatable bonds is 6. The second-order valence-electron chi connectivity index (χ2n) is 3.80. The van der Waals surface area contributed by atoms with Gasteiger partial charge in [0.15, 0.2) is 0 Å². The summed E-state index contributed by atoms with van der Waals surface area (Å²) in [4.78, 5) is 21.5. The number of phenols is 1. The number of hydrogen-bond acceptors (Lipinski definition) is 5. The molecule has 18 heavy (non-hydrogen) atoms. The second-order valence-corrected chi connectivity index (χ2v) is 3.80. The van der Waals surface area contributed by atoms with E-state index in [9.17, 15) is 20.0 Å². The van der Waals surface area contributed by atoms with E-state index in [-0.39, 0.29) is 23.6 Å². The average molecular weight is 253 g/mol. The number of esters is 1. The quantitative estimate of drug-likeness (QED) is 0.364. The molecule has 0 aliphatic carbocycles. The molecule has 1 aromatic rings. The summed E-state index contributed by atoms with van der Waals surface area (Å²) in [5.74, 6) is -1.06. The van der Waals surface area contributed by atoms with Crippen molar-refractivity contribution < 1.29 is 19.6 Å². The number of hydrogen-bond donors (Lipinski definition) is 1. The molecule has 0 amide bonds. The van der Waals surface area contributed by atoms with Crippen LogP contribution in [0.1, 0.15) is 36.5 Å². The van der Waals surface area contributed by atoms with Crippen LogP contribution < -0.4 is 0 Å². The lowest BCUT2D eigenvalue weighted by Crippen LogP contribution is -2.07. The molecule has 0 bridgehead atoms. The fourth-order valence-electron chi connectivity index (χ4n) is 1.40. The van der Waals surface area contributed by atoms with Crippen molar-refractivity contribution in [3.8, 4) is 5.75 Å². The number of benzene rings is 1. The van der Waals surface area contributed by atoms with E-state index in [2.05, 4.69) is 0 Å². The largest absolute Gasteiger partial charge is 0.507 e. The Labute approximate surface area is 104 Å². The van der Waals surface area contributed by atoms with Gasteiger partial charge in [-0.25, -0.2) is 4.79 Å². The lowest BCUT2D eigenvalue weighted by Gasteiger charge is -2.05. The summed E-state index contributed by atoms with van der Waals surface area (Å²) in [6.45, 7) is 2.27.